The summed E-state index contributed by atoms with van der Waals surface area (Å²) in [5.41, 5.74) is 5.63. The van der Waals surface area contributed by atoms with E-state index in [4.69, 9.17) is 4.98 Å². The Labute approximate surface area is 323 Å². The molecule has 0 aliphatic heterocycles. The number of rotatable bonds is 11. The van der Waals surface area contributed by atoms with Gasteiger partial charge in [0.05, 0.1) is 11.4 Å². The summed E-state index contributed by atoms with van der Waals surface area (Å²) in [6.07, 6.45) is 9.45. The van der Waals surface area contributed by atoms with E-state index in [2.05, 4.69) is 98.5 Å². The minimum absolute atomic E-state index is 0. The number of carbonyl (C=O) groups excluding carboxylic acids is 1. The maximum Gasteiger partial charge on any atom is 0.164 e. The Morgan fingerprint density at radius 1 is 0.863 bits per heavy atom. The zero-order valence-electron chi connectivity index (χ0n) is 32.4. The summed E-state index contributed by atoms with van der Waals surface area (Å²) < 4.78 is 1.31. The maximum absolute atomic E-state index is 12.2. The van der Waals surface area contributed by atoms with Gasteiger partial charge in [-0.15, -0.1) is 40.5 Å². The number of thiophene rings is 1. The quantitative estimate of drug-likeness (QED) is 0.0812. The number of carbonyl (C=O) groups is 1. The fourth-order valence-electron chi connectivity index (χ4n) is 6.11. The summed E-state index contributed by atoms with van der Waals surface area (Å²) in [6, 6.07) is 18.5. The molecule has 51 heavy (non-hydrogen) atoms. The predicted octanol–water partition coefficient (Wildman–Crippen LogP) is 12.5. The van der Waals surface area contributed by atoms with Crippen molar-refractivity contribution in [2.45, 2.75) is 114 Å². The number of allylic oxidation sites excluding steroid dienone is 2. The number of pyridine rings is 1. The largest absolute Gasteiger partial charge is 0.512 e. The average molecular weight is 883 g/mol. The molecule has 0 aliphatic carbocycles. The van der Waals surface area contributed by atoms with Gasteiger partial charge in [-0.1, -0.05) is 105 Å². The number of benzene rings is 2. The van der Waals surface area contributed by atoms with E-state index in [1.807, 2.05) is 47.7 Å². The summed E-state index contributed by atoms with van der Waals surface area (Å²) in [5, 5.41) is 15.8. The zero-order valence-corrected chi connectivity index (χ0v) is 35.6. The Hall–Kier alpha value is -3.25. The van der Waals surface area contributed by atoms with Gasteiger partial charge in [0, 0.05) is 59.0 Å². The second-order valence-corrected chi connectivity index (χ2v) is 16.4. The van der Waals surface area contributed by atoms with Gasteiger partial charge >= 0.3 is 0 Å². The number of aliphatic hydroxyl groups excluding tert-OH is 1. The van der Waals surface area contributed by atoms with Crippen LogP contribution in [0.15, 0.2) is 72.2 Å². The molecule has 0 amide bonds. The average Bonchev–Trinajstić information content (AvgIpc) is 3.61. The van der Waals surface area contributed by atoms with Gasteiger partial charge in [0.25, 0.3) is 0 Å². The molecular weight excluding hydrogens is 827 g/mol. The van der Waals surface area contributed by atoms with Gasteiger partial charge in [0.2, 0.25) is 0 Å². The Balaban J connectivity index is 0.000000335. The van der Waals surface area contributed by atoms with E-state index in [1.54, 1.807) is 17.7 Å². The molecule has 0 fully saturated rings. The molecule has 1 N–H and O–H groups in total. The molecule has 275 valence electrons. The van der Waals surface area contributed by atoms with Crippen LogP contribution in [0.2, 0.25) is 0 Å². The molecule has 0 bridgehead atoms. The molecule has 5 aromatic rings. The van der Waals surface area contributed by atoms with Gasteiger partial charge in [-0.25, -0.2) is 4.98 Å². The smallest absolute Gasteiger partial charge is 0.164 e. The van der Waals surface area contributed by atoms with Crippen molar-refractivity contribution in [2.75, 3.05) is 0 Å². The molecule has 0 unspecified atom stereocenters. The summed E-state index contributed by atoms with van der Waals surface area (Å²) in [6.45, 7) is 23.3. The van der Waals surface area contributed by atoms with Crippen LogP contribution in [0.1, 0.15) is 113 Å². The normalized spacial score (nSPS) is 12.5. The van der Waals surface area contributed by atoms with Crippen molar-refractivity contribution >= 4 is 38.0 Å². The van der Waals surface area contributed by atoms with E-state index in [0.717, 1.165) is 60.1 Å². The van der Waals surface area contributed by atoms with Gasteiger partial charge in [0.1, 0.15) is 12.1 Å². The monoisotopic (exact) mass is 883 g/mol. The van der Waals surface area contributed by atoms with Crippen molar-refractivity contribution in [3.8, 4) is 22.6 Å². The molecule has 5 nitrogen and oxygen atoms in total. The standard InChI is InChI=1S/C29H28N3S.C15H28O2.Ir/c1-18(2)12-21-16-30-27(23-10-11-33-28(21)23)26-15-25(31-17-32-26)20-13-19-8-6-7-9-22(19)24(14-20)29(3,4)5;1-7-14(5,8-2)12(16)11-13(17)15(6,9-3)10-4;/h6-11,14-18H,12H2,1-5H3;11,16H,7-10H2,1-6H3;/q-1;;/b;12-11-;. The first-order chi connectivity index (χ1) is 23.6. The van der Waals surface area contributed by atoms with E-state index in [1.165, 1.54) is 32.7 Å². The van der Waals surface area contributed by atoms with Crippen molar-refractivity contribution in [3.05, 3.63) is 89.4 Å². The van der Waals surface area contributed by atoms with Crippen LogP contribution in [-0.4, -0.2) is 25.8 Å². The first kappa shape index (κ1) is 42.2. The fraction of sp³-hybridized carbons (Fsp3) is 0.455. The van der Waals surface area contributed by atoms with Crippen molar-refractivity contribution in [2.24, 2.45) is 16.7 Å². The topological polar surface area (TPSA) is 76.0 Å². The van der Waals surface area contributed by atoms with E-state index in [9.17, 15) is 9.90 Å². The van der Waals surface area contributed by atoms with Gasteiger partial charge in [-0.3, -0.25) is 14.8 Å². The van der Waals surface area contributed by atoms with E-state index < -0.39 is 0 Å². The Bertz CT molecular complexity index is 1960. The first-order valence-electron chi connectivity index (χ1n) is 18.2. The van der Waals surface area contributed by atoms with Crippen LogP contribution in [0.25, 0.3) is 43.5 Å². The molecule has 3 aromatic heterocycles. The maximum atomic E-state index is 12.2. The molecule has 0 atom stereocenters. The van der Waals surface area contributed by atoms with Crippen molar-refractivity contribution in [1.82, 2.24) is 15.0 Å². The van der Waals surface area contributed by atoms with E-state index in [0.29, 0.717) is 5.92 Å². The van der Waals surface area contributed by atoms with Gasteiger partial charge in [-0.05, 0) is 66.5 Å². The molecule has 0 spiro atoms. The van der Waals surface area contributed by atoms with Crippen LogP contribution in [0.3, 0.4) is 0 Å². The third-order valence-electron chi connectivity index (χ3n) is 10.6. The van der Waals surface area contributed by atoms with Crippen LogP contribution < -0.4 is 0 Å². The number of fused-ring (bicyclic) bond motifs is 2. The number of ketones is 1. The SMILES string of the molecule is CC(C)Cc1cnc(-c2cc(-c3[c-]c4ccccc4c(C(C)(C)C)c3)ncn2)c2ccsc12.CCC(C)(CC)C(=O)/C=C(\O)C(C)(CC)CC.[Ir]. The number of hydrogen-bond acceptors (Lipinski definition) is 6. The third-order valence-corrected chi connectivity index (χ3v) is 11.6. The number of nitrogens with zero attached hydrogens (tertiary/aromatic N) is 3. The number of aliphatic hydroxyl groups is 1. The van der Waals surface area contributed by atoms with Crippen LogP contribution in [0.4, 0.5) is 0 Å². The van der Waals surface area contributed by atoms with Gasteiger partial charge in [-0.2, -0.15) is 0 Å². The molecule has 5 rings (SSSR count). The van der Waals surface area contributed by atoms with Crippen LogP contribution in [-0.2, 0) is 36.7 Å². The van der Waals surface area contributed by atoms with E-state index >= 15 is 0 Å². The second-order valence-electron chi connectivity index (χ2n) is 15.5. The molecule has 1 radical (unpaired) electrons. The molecule has 2 aromatic carbocycles. The Morgan fingerprint density at radius 3 is 2.10 bits per heavy atom. The molecule has 7 heteroatoms. The minimum atomic E-state index is -0.337. The molecule has 3 heterocycles. The second kappa shape index (κ2) is 17.5. The molecule has 0 aliphatic rings. The van der Waals surface area contributed by atoms with Crippen molar-refractivity contribution in [1.29, 1.82) is 0 Å². The number of aromatic nitrogens is 3. The van der Waals surface area contributed by atoms with Crippen LogP contribution >= 0.6 is 11.3 Å². The van der Waals surface area contributed by atoms with E-state index in [-0.39, 0.29) is 47.9 Å². The minimum Gasteiger partial charge on any atom is -0.512 e. The summed E-state index contributed by atoms with van der Waals surface area (Å²) in [4.78, 5) is 26.3. The summed E-state index contributed by atoms with van der Waals surface area (Å²) in [7, 11) is 0. The molecule has 0 saturated carbocycles. The van der Waals surface area contributed by atoms with Gasteiger partial charge in [0.15, 0.2) is 5.78 Å². The predicted molar refractivity (Wildman–Crippen MR) is 213 cm³/mol. The summed E-state index contributed by atoms with van der Waals surface area (Å²) >= 11 is 1.78. The fourth-order valence-corrected chi connectivity index (χ4v) is 7.03. The van der Waals surface area contributed by atoms with Gasteiger partial charge < -0.3 is 5.11 Å². The first-order valence-corrected chi connectivity index (χ1v) is 19.1. The third kappa shape index (κ3) is 9.60. The number of hydrogen-bond donors (Lipinski definition) is 1. The van der Waals surface area contributed by atoms with Crippen LogP contribution in [0.5, 0.6) is 0 Å². The van der Waals surface area contributed by atoms with Crippen molar-refractivity contribution in [3.63, 3.8) is 0 Å². The Morgan fingerprint density at radius 2 is 1.49 bits per heavy atom. The zero-order chi connectivity index (χ0) is 36.9. The molecular formula is C44H56IrN3O2S-. The molecule has 0 saturated heterocycles. The summed E-state index contributed by atoms with van der Waals surface area (Å²) in [5.74, 6) is 0.878. The van der Waals surface area contributed by atoms with Crippen LogP contribution in [0, 0.1) is 22.8 Å². The van der Waals surface area contributed by atoms with Crippen molar-refractivity contribution < 1.29 is 30.0 Å². The Kier molecular flexibility index (Phi) is 14.5.